The van der Waals surface area contributed by atoms with Gasteiger partial charge in [-0.25, -0.2) is 14.2 Å². The molecular formula is C16H18ClFN4O3. The van der Waals surface area contributed by atoms with Crippen LogP contribution in [0.1, 0.15) is 35.7 Å². The van der Waals surface area contributed by atoms with Crippen molar-refractivity contribution >= 4 is 35.2 Å². The van der Waals surface area contributed by atoms with E-state index in [-0.39, 0.29) is 41.3 Å². The second-order valence-electron chi connectivity index (χ2n) is 6.48. The fraction of sp³-hybridized carbons (Fsp3) is 0.438. The van der Waals surface area contributed by atoms with Gasteiger partial charge in [-0.2, -0.15) is 0 Å². The fourth-order valence-electron chi connectivity index (χ4n) is 3.22. The standard InChI is InChI=1S/C16H17FN4O3.ClH/c17-12-5-10-13(22)11(16(23)24)7-21(9-1-2-9)14(10)19-15(12)20-4-3-8(18)6-20;/h5,7-9H,1-4,6,18H2,(H,23,24);1H/t8-;/m1./s1. The summed E-state index contributed by atoms with van der Waals surface area (Å²) in [5.41, 5.74) is 5.16. The molecule has 25 heavy (non-hydrogen) atoms. The van der Waals surface area contributed by atoms with Gasteiger partial charge in [-0.05, 0) is 25.3 Å². The van der Waals surface area contributed by atoms with E-state index in [2.05, 4.69) is 4.98 Å². The van der Waals surface area contributed by atoms with Gasteiger partial charge in [0, 0.05) is 31.4 Å². The van der Waals surface area contributed by atoms with E-state index in [4.69, 9.17) is 5.73 Å². The topological polar surface area (TPSA) is 101 Å². The number of carboxylic acid groups (broad SMARTS) is 1. The number of anilines is 1. The Morgan fingerprint density at radius 1 is 1.36 bits per heavy atom. The van der Waals surface area contributed by atoms with Crippen molar-refractivity contribution in [3.8, 4) is 0 Å². The van der Waals surface area contributed by atoms with Crippen molar-refractivity contribution in [1.82, 2.24) is 9.55 Å². The Morgan fingerprint density at radius 3 is 2.64 bits per heavy atom. The molecule has 9 heteroatoms. The highest BCUT2D eigenvalue weighted by molar-refractivity contribution is 5.92. The highest BCUT2D eigenvalue weighted by Gasteiger charge is 2.29. The largest absolute Gasteiger partial charge is 0.477 e. The number of aromatic nitrogens is 2. The first kappa shape index (κ1) is 17.6. The highest BCUT2D eigenvalue weighted by Crippen LogP contribution is 2.37. The van der Waals surface area contributed by atoms with E-state index >= 15 is 0 Å². The van der Waals surface area contributed by atoms with E-state index < -0.39 is 17.2 Å². The molecule has 4 rings (SSSR count). The minimum absolute atomic E-state index is 0. The number of rotatable bonds is 3. The van der Waals surface area contributed by atoms with Crippen LogP contribution in [-0.2, 0) is 0 Å². The smallest absolute Gasteiger partial charge is 0.341 e. The van der Waals surface area contributed by atoms with Crippen molar-refractivity contribution < 1.29 is 14.3 Å². The maximum atomic E-state index is 14.5. The molecule has 1 aliphatic heterocycles. The number of halogens is 2. The number of carboxylic acids is 1. The predicted molar refractivity (Wildman–Crippen MR) is 93.2 cm³/mol. The van der Waals surface area contributed by atoms with Crippen LogP contribution >= 0.6 is 12.4 Å². The summed E-state index contributed by atoms with van der Waals surface area (Å²) in [6.07, 6.45) is 3.86. The Hall–Kier alpha value is -2.19. The first-order valence-corrected chi connectivity index (χ1v) is 7.95. The highest BCUT2D eigenvalue weighted by atomic mass is 35.5. The number of aromatic carboxylic acids is 1. The van der Waals surface area contributed by atoms with Crippen LogP contribution in [0.25, 0.3) is 11.0 Å². The lowest BCUT2D eigenvalue weighted by Gasteiger charge is -2.19. The summed E-state index contributed by atoms with van der Waals surface area (Å²) in [6, 6.07) is 1.19. The molecule has 1 atom stereocenters. The molecular weight excluding hydrogens is 351 g/mol. The van der Waals surface area contributed by atoms with E-state index in [0.29, 0.717) is 18.7 Å². The van der Waals surface area contributed by atoms with E-state index in [9.17, 15) is 19.1 Å². The molecule has 3 heterocycles. The Balaban J connectivity index is 0.00000182. The van der Waals surface area contributed by atoms with E-state index in [1.807, 2.05) is 0 Å². The van der Waals surface area contributed by atoms with Gasteiger partial charge in [0.25, 0.3) is 0 Å². The molecule has 1 aliphatic carbocycles. The molecule has 0 bridgehead atoms. The number of fused-ring (bicyclic) bond motifs is 1. The number of pyridine rings is 2. The lowest BCUT2D eigenvalue weighted by Crippen LogP contribution is -2.28. The van der Waals surface area contributed by atoms with Crippen LogP contribution in [-0.4, -0.2) is 39.8 Å². The molecule has 2 aliphatic rings. The van der Waals surface area contributed by atoms with Crippen LogP contribution < -0.4 is 16.1 Å². The molecule has 7 nitrogen and oxygen atoms in total. The van der Waals surface area contributed by atoms with Gasteiger partial charge < -0.3 is 20.3 Å². The van der Waals surface area contributed by atoms with Crippen LogP contribution in [0.2, 0.25) is 0 Å². The van der Waals surface area contributed by atoms with Crippen molar-refractivity contribution in [2.75, 3.05) is 18.0 Å². The third-order valence-electron chi connectivity index (χ3n) is 4.63. The molecule has 1 saturated carbocycles. The number of nitrogens with zero attached hydrogens (tertiary/aromatic N) is 3. The predicted octanol–water partition coefficient (Wildman–Crippen LogP) is 1.53. The van der Waals surface area contributed by atoms with Crippen molar-refractivity contribution in [1.29, 1.82) is 0 Å². The number of carbonyl (C=O) groups is 1. The SMILES string of the molecule is Cl.N[C@@H]1CCN(c2nc3c(cc2F)c(=O)c(C(=O)O)cn3C2CC2)C1. The van der Waals surface area contributed by atoms with Crippen LogP contribution in [0, 0.1) is 5.82 Å². The quantitative estimate of drug-likeness (QED) is 0.851. The molecule has 0 spiro atoms. The minimum atomic E-state index is -1.31. The molecule has 1 saturated heterocycles. The van der Waals surface area contributed by atoms with Crippen LogP contribution in [0.3, 0.4) is 0 Å². The zero-order chi connectivity index (χ0) is 17.0. The normalized spacial score (nSPS) is 19.9. The molecule has 2 fully saturated rings. The van der Waals surface area contributed by atoms with Gasteiger partial charge in [0.15, 0.2) is 11.6 Å². The summed E-state index contributed by atoms with van der Waals surface area (Å²) >= 11 is 0. The zero-order valence-corrected chi connectivity index (χ0v) is 14.1. The number of hydrogen-bond donors (Lipinski definition) is 2. The molecule has 0 unspecified atom stereocenters. The van der Waals surface area contributed by atoms with E-state index in [0.717, 1.165) is 25.3 Å². The molecule has 2 aromatic heterocycles. The summed E-state index contributed by atoms with van der Waals surface area (Å²) in [5.74, 6) is -1.77. The second kappa shape index (κ2) is 6.27. The van der Waals surface area contributed by atoms with Gasteiger partial charge in [-0.1, -0.05) is 0 Å². The summed E-state index contributed by atoms with van der Waals surface area (Å²) in [4.78, 5) is 29.8. The van der Waals surface area contributed by atoms with Gasteiger partial charge in [0.05, 0.1) is 5.39 Å². The third-order valence-corrected chi connectivity index (χ3v) is 4.63. The Labute approximate surface area is 148 Å². The van der Waals surface area contributed by atoms with Crippen molar-refractivity contribution in [3.63, 3.8) is 0 Å². The first-order chi connectivity index (χ1) is 11.5. The lowest BCUT2D eigenvalue weighted by atomic mass is 10.2. The molecule has 0 radical (unpaired) electrons. The Morgan fingerprint density at radius 2 is 2.08 bits per heavy atom. The average molecular weight is 369 g/mol. The Kier molecular flexibility index (Phi) is 4.42. The molecule has 0 aromatic carbocycles. The number of nitrogens with two attached hydrogens (primary N) is 1. The summed E-state index contributed by atoms with van der Waals surface area (Å²) in [6.45, 7) is 1.12. The van der Waals surface area contributed by atoms with Crippen molar-refractivity contribution in [2.45, 2.75) is 31.3 Å². The van der Waals surface area contributed by atoms with E-state index in [1.165, 1.54) is 6.20 Å². The molecule has 134 valence electrons. The summed E-state index contributed by atoms with van der Waals surface area (Å²) in [5, 5.41) is 9.23. The van der Waals surface area contributed by atoms with Crippen LogP contribution in [0.5, 0.6) is 0 Å². The molecule has 0 amide bonds. The van der Waals surface area contributed by atoms with Crippen molar-refractivity contribution in [3.05, 3.63) is 33.9 Å². The number of hydrogen-bond acceptors (Lipinski definition) is 5. The average Bonchev–Trinajstić information content (AvgIpc) is 3.28. The summed E-state index contributed by atoms with van der Waals surface area (Å²) < 4.78 is 16.2. The maximum absolute atomic E-state index is 14.5. The van der Waals surface area contributed by atoms with Gasteiger partial charge in [0.2, 0.25) is 5.43 Å². The van der Waals surface area contributed by atoms with Crippen LogP contribution in [0.15, 0.2) is 17.1 Å². The maximum Gasteiger partial charge on any atom is 0.341 e. The Bertz CT molecular complexity index is 912. The minimum Gasteiger partial charge on any atom is -0.477 e. The monoisotopic (exact) mass is 368 g/mol. The first-order valence-electron chi connectivity index (χ1n) is 7.95. The van der Waals surface area contributed by atoms with Crippen LogP contribution in [0.4, 0.5) is 10.2 Å². The van der Waals surface area contributed by atoms with Crippen molar-refractivity contribution in [2.24, 2.45) is 5.73 Å². The molecule has 2 aromatic rings. The van der Waals surface area contributed by atoms with Gasteiger partial charge in [0.1, 0.15) is 11.2 Å². The van der Waals surface area contributed by atoms with E-state index in [1.54, 1.807) is 9.47 Å². The second-order valence-corrected chi connectivity index (χ2v) is 6.48. The van der Waals surface area contributed by atoms with Gasteiger partial charge >= 0.3 is 5.97 Å². The summed E-state index contributed by atoms with van der Waals surface area (Å²) in [7, 11) is 0. The molecule has 3 N–H and O–H groups in total. The van der Waals surface area contributed by atoms with Gasteiger partial charge in [-0.15, -0.1) is 12.4 Å². The fourth-order valence-corrected chi connectivity index (χ4v) is 3.22. The van der Waals surface area contributed by atoms with Gasteiger partial charge in [-0.3, -0.25) is 4.79 Å². The lowest BCUT2D eigenvalue weighted by molar-refractivity contribution is 0.0695. The third kappa shape index (κ3) is 2.96. The zero-order valence-electron chi connectivity index (χ0n) is 13.3.